The van der Waals surface area contributed by atoms with Crippen molar-refractivity contribution < 1.29 is 9.59 Å². The van der Waals surface area contributed by atoms with Crippen LogP contribution in [0.15, 0.2) is 48.5 Å². The Morgan fingerprint density at radius 3 is 2.23 bits per heavy atom. The Hall–Kier alpha value is -2.66. The zero-order valence-corrected chi connectivity index (χ0v) is 15.9. The molecule has 0 radical (unpaired) electrons. The van der Waals surface area contributed by atoms with Crippen LogP contribution in [0.25, 0.3) is 0 Å². The molecule has 138 valence electrons. The second kappa shape index (κ2) is 9.15. The molecule has 0 saturated carbocycles. The van der Waals surface area contributed by atoms with Gasteiger partial charge in [-0.3, -0.25) is 14.5 Å². The van der Waals surface area contributed by atoms with Crippen LogP contribution < -0.4 is 10.6 Å². The van der Waals surface area contributed by atoms with Gasteiger partial charge in [-0.05, 0) is 44.5 Å². The molecule has 0 aliphatic carbocycles. The molecule has 26 heavy (non-hydrogen) atoms. The van der Waals surface area contributed by atoms with E-state index in [0.29, 0.717) is 6.54 Å². The van der Waals surface area contributed by atoms with Crippen LogP contribution in [0.4, 0.5) is 5.69 Å². The highest BCUT2D eigenvalue weighted by atomic mass is 16.2. The van der Waals surface area contributed by atoms with Crippen molar-refractivity contribution in [2.75, 3.05) is 18.9 Å². The van der Waals surface area contributed by atoms with Crippen molar-refractivity contribution in [3.8, 4) is 0 Å². The average Bonchev–Trinajstić information content (AvgIpc) is 2.63. The van der Waals surface area contributed by atoms with Crippen LogP contribution in [0.3, 0.4) is 0 Å². The molecule has 2 amide bonds. The first-order valence-corrected chi connectivity index (χ1v) is 8.76. The lowest BCUT2D eigenvalue weighted by molar-refractivity contribution is -0.126. The smallest absolute Gasteiger partial charge is 0.238 e. The first kappa shape index (κ1) is 19.7. The van der Waals surface area contributed by atoms with Crippen molar-refractivity contribution in [3.63, 3.8) is 0 Å². The third kappa shape index (κ3) is 5.43. The molecule has 2 aromatic rings. The Balaban J connectivity index is 1.86. The highest BCUT2D eigenvalue weighted by molar-refractivity contribution is 5.94. The van der Waals surface area contributed by atoms with E-state index in [4.69, 9.17) is 0 Å². The topological polar surface area (TPSA) is 61.4 Å². The maximum Gasteiger partial charge on any atom is 0.238 e. The molecule has 0 bridgehead atoms. The molecule has 2 aromatic carbocycles. The highest BCUT2D eigenvalue weighted by Crippen LogP contribution is 2.19. The molecule has 2 rings (SSSR count). The fourth-order valence-corrected chi connectivity index (χ4v) is 2.69. The van der Waals surface area contributed by atoms with Crippen LogP contribution in [0.2, 0.25) is 0 Å². The summed E-state index contributed by atoms with van der Waals surface area (Å²) in [7, 11) is 1.77. The van der Waals surface area contributed by atoms with E-state index in [-0.39, 0.29) is 18.4 Å². The summed E-state index contributed by atoms with van der Waals surface area (Å²) in [6, 6.07) is 15.2. The molecule has 0 saturated heterocycles. The minimum atomic E-state index is -0.401. The molecule has 0 fully saturated rings. The molecule has 2 N–H and O–H groups in total. The molecular formula is C21H27N3O2. The van der Waals surface area contributed by atoms with Crippen molar-refractivity contribution >= 4 is 17.5 Å². The Labute approximate surface area is 155 Å². The van der Waals surface area contributed by atoms with E-state index in [1.165, 1.54) is 0 Å². The van der Waals surface area contributed by atoms with Gasteiger partial charge in [0.25, 0.3) is 0 Å². The highest BCUT2D eigenvalue weighted by Gasteiger charge is 2.20. The number of carbonyl (C=O) groups excluding carboxylic acids is 2. The fourth-order valence-electron chi connectivity index (χ4n) is 2.69. The number of carbonyl (C=O) groups is 2. The lowest BCUT2D eigenvalue weighted by Crippen LogP contribution is -2.45. The summed E-state index contributed by atoms with van der Waals surface area (Å²) >= 11 is 0. The zero-order chi connectivity index (χ0) is 19.1. The number of nitrogens with zero attached hydrogens (tertiary/aromatic N) is 1. The number of hydrogen-bond acceptors (Lipinski definition) is 3. The maximum atomic E-state index is 12.3. The van der Waals surface area contributed by atoms with Crippen molar-refractivity contribution in [2.45, 2.75) is 33.4 Å². The van der Waals surface area contributed by atoms with Crippen LogP contribution in [-0.2, 0) is 16.1 Å². The molecule has 0 aliphatic rings. The van der Waals surface area contributed by atoms with E-state index in [1.807, 2.05) is 62.4 Å². The fraction of sp³-hybridized carbons (Fsp3) is 0.333. The van der Waals surface area contributed by atoms with Crippen LogP contribution in [-0.4, -0.2) is 36.3 Å². The maximum absolute atomic E-state index is 12.3. The Morgan fingerprint density at radius 1 is 1.00 bits per heavy atom. The van der Waals surface area contributed by atoms with Gasteiger partial charge in [-0.25, -0.2) is 0 Å². The quantitative estimate of drug-likeness (QED) is 0.805. The summed E-state index contributed by atoms with van der Waals surface area (Å²) < 4.78 is 0. The number of rotatable bonds is 7. The number of hydrogen-bond donors (Lipinski definition) is 2. The SMILES string of the molecule is Cc1cccc(C)c1NC(=O)CN(C)C(C)C(=O)NCc1ccccc1. The molecule has 0 heterocycles. The normalized spacial score (nSPS) is 11.9. The minimum Gasteiger partial charge on any atom is -0.351 e. The Kier molecular flexibility index (Phi) is 6.92. The minimum absolute atomic E-state index is 0.101. The van der Waals surface area contributed by atoms with E-state index < -0.39 is 6.04 Å². The predicted octanol–water partition coefficient (Wildman–Crippen LogP) is 2.88. The zero-order valence-electron chi connectivity index (χ0n) is 15.9. The summed E-state index contributed by atoms with van der Waals surface area (Å²) in [6.45, 7) is 6.35. The first-order valence-electron chi connectivity index (χ1n) is 8.76. The average molecular weight is 353 g/mol. The molecule has 5 heteroatoms. The summed E-state index contributed by atoms with van der Waals surface area (Å²) in [5.74, 6) is -0.233. The van der Waals surface area contributed by atoms with E-state index in [1.54, 1.807) is 18.9 Å². The van der Waals surface area contributed by atoms with Gasteiger partial charge in [0.1, 0.15) is 0 Å². The number of para-hydroxylation sites is 1. The van der Waals surface area contributed by atoms with Gasteiger partial charge in [-0.1, -0.05) is 48.5 Å². The van der Waals surface area contributed by atoms with Crippen LogP contribution >= 0.6 is 0 Å². The largest absolute Gasteiger partial charge is 0.351 e. The molecule has 1 atom stereocenters. The molecule has 0 spiro atoms. The Bertz CT molecular complexity index is 739. The van der Waals surface area contributed by atoms with Crippen molar-refractivity contribution in [2.24, 2.45) is 0 Å². The summed E-state index contributed by atoms with van der Waals surface area (Å²) in [6.07, 6.45) is 0. The summed E-state index contributed by atoms with van der Waals surface area (Å²) in [5, 5.41) is 5.86. The summed E-state index contributed by atoms with van der Waals surface area (Å²) in [4.78, 5) is 26.4. The second-order valence-electron chi connectivity index (χ2n) is 6.61. The number of likely N-dealkylation sites (N-methyl/N-ethyl adjacent to an activating group) is 1. The van der Waals surface area contributed by atoms with Gasteiger partial charge in [0.15, 0.2) is 0 Å². The number of nitrogens with one attached hydrogen (secondary N) is 2. The second-order valence-corrected chi connectivity index (χ2v) is 6.61. The van der Waals surface area contributed by atoms with Gasteiger partial charge >= 0.3 is 0 Å². The van der Waals surface area contributed by atoms with Gasteiger partial charge in [-0.15, -0.1) is 0 Å². The number of aryl methyl sites for hydroxylation is 2. The van der Waals surface area contributed by atoms with Gasteiger partial charge in [0, 0.05) is 12.2 Å². The van der Waals surface area contributed by atoms with Crippen LogP contribution in [0, 0.1) is 13.8 Å². The molecule has 0 aromatic heterocycles. The lowest BCUT2D eigenvalue weighted by Gasteiger charge is -2.23. The number of amides is 2. The third-order valence-corrected chi connectivity index (χ3v) is 4.49. The summed E-state index contributed by atoms with van der Waals surface area (Å²) in [5.41, 5.74) is 3.93. The van der Waals surface area contributed by atoms with E-state index >= 15 is 0 Å². The molecule has 5 nitrogen and oxygen atoms in total. The molecule has 0 aliphatic heterocycles. The van der Waals surface area contributed by atoms with Crippen molar-refractivity contribution in [1.29, 1.82) is 0 Å². The third-order valence-electron chi connectivity index (χ3n) is 4.49. The van der Waals surface area contributed by atoms with Gasteiger partial charge in [0.05, 0.1) is 12.6 Å². The monoisotopic (exact) mass is 353 g/mol. The van der Waals surface area contributed by atoms with E-state index in [9.17, 15) is 9.59 Å². The van der Waals surface area contributed by atoms with Crippen LogP contribution in [0.5, 0.6) is 0 Å². The Morgan fingerprint density at radius 2 is 1.62 bits per heavy atom. The van der Waals surface area contributed by atoms with Gasteiger partial charge < -0.3 is 10.6 Å². The van der Waals surface area contributed by atoms with Crippen molar-refractivity contribution in [3.05, 3.63) is 65.2 Å². The predicted molar refractivity (Wildman–Crippen MR) is 105 cm³/mol. The number of benzene rings is 2. The molecular weight excluding hydrogens is 326 g/mol. The van der Waals surface area contributed by atoms with Gasteiger partial charge in [-0.2, -0.15) is 0 Å². The van der Waals surface area contributed by atoms with E-state index in [0.717, 1.165) is 22.4 Å². The lowest BCUT2D eigenvalue weighted by atomic mass is 10.1. The molecule has 1 unspecified atom stereocenters. The van der Waals surface area contributed by atoms with E-state index in [2.05, 4.69) is 10.6 Å². The number of anilines is 1. The van der Waals surface area contributed by atoms with Crippen molar-refractivity contribution in [1.82, 2.24) is 10.2 Å². The van der Waals surface area contributed by atoms with Crippen LogP contribution in [0.1, 0.15) is 23.6 Å². The van der Waals surface area contributed by atoms with Gasteiger partial charge in [0.2, 0.25) is 11.8 Å². The first-order chi connectivity index (χ1) is 12.4. The standard InChI is InChI=1S/C21H27N3O2/c1-15-9-8-10-16(2)20(15)23-19(25)14-24(4)17(3)21(26)22-13-18-11-6-5-7-12-18/h5-12,17H,13-14H2,1-4H3,(H,22,26)(H,23,25).